The number of hydrogen-bond donors (Lipinski definition) is 1. The van der Waals surface area contributed by atoms with Gasteiger partial charge < -0.3 is 9.88 Å². The maximum atomic E-state index is 4.50. The first-order valence-corrected chi connectivity index (χ1v) is 8.07. The highest BCUT2D eigenvalue weighted by Crippen LogP contribution is 2.13. The number of aromatic nitrogens is 2. The molecule has 0 aromatic carbocycles. The zero-order valence-electron chi connectivity index (χ0n) is 12.1. The molecule has 0 spiro atoms. The first-order valence-electron chi connectivity index (χ1n) is 7.02. The lowest BCUT2D eigenvalue weighted by Gasteiger charge is -2.19. The summed E-state index contributed by atoms with van der Waals surface area (Å²) >= 11 is 2.02. The minimum Gasteiger partial charge on any atom is -0.335 e. The van der Waals surface area contributed by atoms with E-state index in [0.29, 0.717) is 11.3 Å². The van der Waals surface area contributed by atoms with Crippen molar-refractivity contribution in [1.29, 1.82) is 0 Å². The molecule has 0 bridgehead atoms. The third-order valence-corrected chi connectivity index (χ3v) is 4.08. The molecule has 18 heavy (non-hydrogen) atoms. The van der Waals surface area contributed by atoms with Gasteiger partial charge in [-0.2, -0.15) is 11.8 Å². The Labute approximate surface area is 116 Å². The molecule has 1 unspecified atom stereocenters. The SMILES string of the molecule is CCCn1ccnc1CC(CSC(C)C)NCC. The quantitative estimate of drug-likeness (QED) is 0.747. The third-order valence-electron chi connectivity index (χ3n) is 2.82. The minimum absolute atomic E-state index is 0.528. The van der Waals surface area contributed by atoms with Gasteiger partial charge in [-0.05, 0) is 18.2 Å². The molecule has 1 aromatic rings. The Balaban J connectivity index is 2.55. The lowest BCUT2D eigenvalue weighted by Crippen LogP contribution is -2.34. The van der Waals surface area contributed by atoms with Crippen molar-refractivity contribution in [1.82, 2.24) is 14.9 Å². The number of likely N-dealkylation sites (N-methyl/N-ethyl adjacent to an activating group) is 1. The van der Waals surface area contributed by atoms with Gasteiger partial charge in [0.2, 0.25) is 0 Å². The molecule has 104 valence electrons. The number of imidazole rings is 1. The molecule has 0 aliphatic carbocycles. The highest BCUT2D eigenvalue weighted by Gasteiger charge is 2.13. The smallest absolute Gasteiger partial charge is 0.110 e. The second-order valence-corrected chi connectivity index (χ2v) is 6.49. The highest BCUT2D eigenvalue weighted by molar-refractivity contribution is 7.99. The maximum Gasteiger partial charge on any atom is 0.110 e. The van der Waals surface area contributed by atoms with Crippen LogP contribution in [0.25, 0.3) is 0 Å². The van der Waals surface area contributed by atoms with Gasteiger partial charge in [-0.15, -0.1) is 0 Å². The van der Waals surface area contributed by atoms with E-state index in [-0.39, 0.29) is 0 Å². The largest absolute Gasteiger partial charge is 0.335 e. The fourth-order valence-electron chi connectivity index (χ4n) is 1.98. The van der Waals surface area contributed by atoms with E-state index in [1.807, 2.05) is 18.0 Å². The van der Waals surface area contributed by atoms with Crippen molar-refractivity contribution in [2.75, 3.05) is 12.3 Å². The molecule has 1 atom stereocenters. The Hall–Kier alpha value is -0.480. The van der Waals surface area contributed by atoms with Crippen LogP contribution in [0.15, 0.2) is 12.4 Å². The van der Waals surface area contributed by atoms with E-state index < -0.39 is 0 Å². The van der Waals surface area contributed by atoms with Gasteiger partial charge in [-0.25, -0.2) is 4.98 Å². The van der Waals surface area contributed by atoms with E-state index in [9.17, 15) is 0 Å². The minimum atomic E-state index is 0.528. The molecule has 0 aliphatic heterocycles. The van der Waals surface area contributed by atoms with Crippen LogP contribution in [0.2, 0.25) is 0 Å². The molecule has 3 nitrogen and oxygen atoms in total. The van der Waals surface area contributed by atoms with E-state index in [2.05, 4.69) is 48.8 Å². The summed E-state index contributed by atoms with van der Waals surface area (Å²) in [7, 11) is 0. The fourth-order valence-corrected chi connectivity index (χ4v) is 2.84. The van der Waals surface area contributed by atoms with Crippen LogP contribution in [0, 0.1) is 0 Å². The molecule has 0 saturated carbocycles. The first-order chi connectivity index (χ1) is 8.67. The Kier molecular flexibility index (Phi) is 7.44. The predicted octanol–water partition coefficient (Wildman–Crippen LogP) is 2.96. The average Bonchev–Trinajstić information content (AvgIpc) is 2.74. The molecule has 0 fully saturated rings. The topological polar surface area (TPSA) is 29.9 Å². The normalized spacial score (nSPS) is 13.2. The van der Waals surface area contributed by atoms with Gasteiger partial charge in [-0.1, -0.05) is 27.7 Å². The van der Waals surface area contributed by atoms with Crippen molar-refractivity contribution in [3.63, 3.8) is 0 Å². The van der Waals surface area contributed by atoms with E-state index in [1.165, 1.54) is 5.82 Å². The molecule has 0 aliphatic rings. The van der Waals surface area contributed by atoms with Gasteiger partial charge in [0.15, 0.2) is 0 Å². The molecular formula is C14H27N3S. The monoisotopic (exact) mass is 269 g/mol. The van der Waals surface area contributed by atoms with Crippen LogP contribution >= 0.6 is 11.8 Å². The number of nitrogens with one attached hydrogen (secondary N) is 1. The molecule has 1 heterocycles. The van der Waals surface area contributed by atoms with Gasteiger partial charge in [0.05, 0.1) is 0 Å². The standard InChI is InChI=1S/C14H27N3S/c1-5-8-17-9-7-16-14(17)10-13(15-6-2)11-18-12(3)4/h7,9,12-13,15H,5-6,8,10-11H2,1-4H3. The van der Waals surface area contributed by atoms with Crippen molar-refractivity contribution >= 4 is 11.8 Å². The van der Waals surface area contributed by atoms with Gasteiger partial charge in [0.1, 0.15) is 5.82 Å². The van der Waals surface area contributed by atoms with Crippen molar-refractivity contribution in [2.24, 2.45) is 0 Å². The number of nitrogens with zero attached hydrogens (tertiary/aromatic N) is 2. The number of rotatable bonds is 9. The number of thioether (sulfide) groups is 1. The van der Waals surface area contributed by atoms with Crippen LogP contribution in [0.4, 0.5) is 0 Å². The van der Waals surface area contributed by atoms with Crippen molar-refractivity contribution in [2.45, 2.75) is 58.4 Å². The summed E-state index contributed by atoms with van der Waals surface area (Å²) < 4.78 is 2.28. The van der Waals surface area contributed by atoms with Crippen LogP contribution in [0.3, 0.4) is 0 Å². The lowest BCUT2D eigenvalue weighted by molar-refractivity contribution is 0.534. The Morgan fingerprint density at radius 2 is 2.17 bits per heavy atom. The summed E-state index contributed by atoms with van der Waals surface area (Å²) in [5, 5.41) is 4.27. The van der Waals surface area contributed by atoms with Crippen LogP contribution in [0.5, 0.6) is 0 Å². The summed E-state index contributed by atoms with van der Waals surface area (Å²) in [6.45, 7) is 11.0. The van der Waals surface area contributed by atoms with Gasteiger partial charge in [-0.3, -0.25) is 0 Å². The molecule has 1 N–H and O–H groups in total. The Morgan fingerprint density at radius 3 is 2.78 bits per heavy atom. The summed E-state index contributed by atoms with van der Waals surface area (Å²) in [4.78, 5) is 4.50. The first kappa shape index (κ1) is 15.6. The van der Waals surface area contributed by atoms with E-state index in [0.717, 1.165) is 31.7 Å². The van der Waals surface area contributed by atoms with Gasteiger partial charge in [0.25, 0.3) is 0 Å². The van der Waals surface area contributed by atoms with Gasteiger partial charge in [0, 0.05) is 37.2 Å². The summed E-state index contributed by atoms with van der Waals surface area (Å²) in [6.07, 6.45) is 6.21. The molecule has 0 radical (unpaired) electrons. The molecular weight excluding hydrogens is 242 g/mol. The molecule has 1 rings (SSSR count). The summed E-state index contributed by atoms with van der Waals surface area (Å²) in [6, 6.07) is 0.528. The number of hydrogen-bond acceptors (Lipinski definition) is 3. The van der Waals surface area contributed by atoms with E-state index in [1.54, 1.807) is 0 Å². The third kappa shape index (κ3) is 5.44. The predicted molar refractivity (Wildman–Crippen MR) is 81.3 cm³/mol. The summed E-state index contributed by atoms with van der Waals surface area (Å²) in [5.74, 6) is 2.37. The molecule has 4 heteroatoms. The second-order valence-electron chi connectivity index (χ2n) is 4.88. The zero-order valence-corrected chi connectivity index (χ0v) is 13.0. The van der Waals surface area contributed by atoms with Gasteiger partial charge >= 0.3 is 0 Å². The van der Waals surface area contributed by atoms with Crippen LogP contribution in [0.1, 0.15) is 39.9 Å². The highest BCUT2D eigenvalue weighted by atomic mass is 32.2. The molecule has 0 amide bonds. The van der Waals surface area contributed by atoms with Crippen LogP contribution in [-0.2, 0) is 13.0 Å². The Bertz CT molecular complexity index is 323. The van der Waals surface area contributed by atoms with Crippen molar-refractivity contribution < 1.29 is 0 Å². The average molecular weight is 269 g/mol. The molecule has 1 aromatic heterocycles. The van der Waals surface area contributed by atoms with E-state index in [4.69, 9.17) is 0 Å². The Morgan fingerprint density at radius 1 is 1.39 bits per heavy atom. The summed E-state index contributed by atoms with van der Waals surface area (Å²) in [5.41, 5.74) is 0. The van der Waals surface area contributed by atoms with Crippen molar-refractivity contribution in [3.8, 4) is 0 Å². The fraction of sp³-hybridized carbons (Fsp3) is 0.786. The number of aryl methyl sites for hydroxylation is 1. The maximum absolute atomic E-state index is 4.50. The van der Waals surface area contributed by atoms with Crippen LogP contribution < -0.4 is 5.32 Å². The second kappa shape index (κ2) is 8.59. The lowest BCUT2D eigenvalue weighted by atomic mass is 10.2. The van der Waals surface area contributed by atoms with Crippen LogP contribution in [-0.4, -0.2) is 33.1 Å². The zero-order chi connectivity index (χ0) is 13.4. The van der Waals surface area contributed by atoms with Crippen molar-refractivity contribution in [3.05, 3.63) is 18.2 Å². The van der Waals surface area contributed by atoms with E-state index >= 15 is 0 Å². The molecule has 0 saturated heterocycles.